The van der Waals surface area contributed by atoms with Gasteiger partial charge in [0.25, 0.3) is 0 Å². The van der Waals surface area contributed by atoms with Crippen LogP contribution in [0.5, 0.6) is 17.2 Å². The third-order valence-corrected chi connectivity index (χ3v) is 2.90. The number of benzene rings is 1. The average Bonchev–Trinajstić information content (AvgIpc) is 2.51. The van der Waals surface area contributed by atoms with E-state index in [1.54, 1.807) is 0 Å². The highest BCUT2D eigenvalue weighted by atomic mass is 35.5. The van der Waals surface area contributed by atoms with E-state index in [-0.39, 0.29) is 27.8 Å². The standard InChI is InChI=1S/C13H15ClO7/c1-17-7-5-8(18-2)11(14)12(10(7)13(16)20-4)21-6-9(15)19-3/h5H,6H2,1-4H3. The molecule has 1 aromatic carbocycles. The molecule has 0 N–H and O–H groups in total. The molecule has 0 heterocycles. The minimum Gasteiger partial charge on any atom is -0.496 e. The Labute approximate surface area is 126 Å². The fraction of sp³-hybridized carbons (Fsp3) is 0.385. The Kier molecular flexibility index (Phi) is 6.10. The van der Waals surface area contributed by atoms with Crippen LogP contribution in [0.1, 0.15) is 10.4 Å². The molecule has 0 bridgehead atoms. The number of halogens is 1. The van der Waals surface area contributed by atoms with E-state index < -0.39 is 18.5 Å². The molecule has 7 nitrogen and oxygen atoms in total. The van der Waals surface area contributed by atoms with Crippen molar-refractivity contribution in [2.45, 2.75) is 0 Å². The van der Waals surface area contributed by atoms with E-state index in [9.17, 15) is 9.59 Å². The molecule has 116 valence electrons. The highest BCUT2D eigenvalue weighted by molar-refractivity contribution is 6.34. The number of ether oxygens (including phenoxy) is 5. The molecule has 0 radical (unpaired) electrons. The lowest BCUT2D eigenvalue weighted by molar-refractivity contribution is -0.142. The van der Waals surface area contributed by atoms with Gasteiger partial charge in [-0.2, -0.15) is 0 Å². The van der Waals surface area contributed by atoms with Crippen LogP contribution in [0.3, 0.4) is 0 Å². The zero-order chi connectivity index (χ0) is 16.0. The summed E-state index contributed by atoms with van der Waals surface area (Å²) in [7, 11) is 5.16. The van der Waals surface area contributed by atoms with Gasteiger partial charge >= 0.3 is 11.9 Å². The lowest BCUT2D eigenvalue weighted by Crippen LogP contribution is -2.16. The zero-order valence-corrected chi connectivity index (χ0v) is 12.8. The van der Waals surface area contributed by atoms with E-state index in [1.807, 2.05) is 0 Å². The number of carbonyl (C=O) groups excluding carboxylic acids is 2. The molecule has 0 atom stereocenters. The predicted molar refractivity (Wildman–Crippen MR) is 73.4 cm³/mol. The second-order valence-corrected chi connectivity index (χ2v) is 4.03. The van der Waals surface area contributed by atoms with Gasteiger partial charge in [0.1, 0.15) is 22.1 Å². The third-order valence-electron chi connectivity index (χ3n) is 2.54. The van der Waals surface area contributed by atoms with Crippen molar-refractivity contribution < 1.29 is 33.3 Å². The Hall–Kier alpha value is -2.15. The smallest absolute Gasteiger partial charge is 0.345 e. The second kappa shape index (κ2) is 7.58. The Bertz CT molecular complexity index is 542. The van der Waals surface area contributed by atoms with E-state index in [0.29, 0.717) is 0 Å². The fourth-order valence-electron chi connectivity index (χ4n) is 1.52. The molecule has 0 saturated heterocycles. The van der Waals surface area contributed by atoms with Crippen molar-refractivity contribution >= 4 is 23.5 Å². The molecule has 0 aliphatic rings. The molecule has 21 heavy (non-hydrogen) atoms. The first-order valence-electron chi connectivity index (χ1n) is 5.72. The lowest BCUT2D eigenvalue weighted by atomic mass is 10.1. The highest BCUT2D eigenvalue weighted by Crippen LogP contribution is 2.43. The van der Waals surface area contributed by atoms with Gasteiger partial charge in [-0.25, -0.2) is 9.59 Å². The average molecular weight is 319 g/mol. The Morgan fingerprint density at radius 1 is 1.05 bits per heavy atom. The van der Waals surface area contributed by atoms with E-state index >= 15 is 0 Å². The fourth-order valence-corrected chi connectivity index (χ4v) is 1.80. The first kappa shape index (κ1) is 16.9. The van der Waals surface area contributed by atoms with Crippen LogP contribution < -0.4 is 14.2 Å². The van der Waals surface area contributed by atoms with Crippen LogP contribution in [0.25, 0.3) is 0 Å². The van der Waals surface area contributed by atoms with Crippen LogP contribution in [0.4, 0.5) is 0 Å². The van der Waals surface area contributed by atoms with Crippen LogP contribution in [-0.4, -0.2) is 47.0 Å². The van der Waals surface area contributed by atoms with Crippen LogP contribution in [0, 0.1) is 0 Å². The van der Waals surface area contributed by atoms with Gasteiger partial charge in [-0.3, -0.25) is 0 Å². The minimum atomic E-state index is -0.726. The monoisotopic (exact) mass is 318 g/mol. The SMILES string of the molecule is COC(=O)COc1c(Cl)c(OC)cc(OC)c1C(=O)OC. The number of esters is 2. The maximum absolute atomic E-state index is 11.9. The predicted octanol–water partition coefficient (Wildman–Crippen LogP) is 1.70. The molecule has 0 fully saturated rings. The maximum Gasteiger partial charge on any atom is 0.345 e. The number of methoxy groups -OCH3 is 4. The van der Waals surface area contributed by atoms with Crippen LogP contribution in [-0.2, 0) is 14.3 Å². The number of hydrogen-bond acceptors (Lipinski definition) is 7. The molecule has 0 unspecified atom stereocenters. The van der Waals surface area contributed by atoms with Crippen molar-refractivity contribution in [3.05, 3.63) is 16.7 Å². The molecule has 0 aromatic heterocycles. The van der Waals surface area contributed by atoms with Gasteiger partial charge in [0, 0.05) is 6.07 Å². The van der Waals surface area contributed by atoms with Crippen molar-refractivity contribution in [3.63, 3.8) is 0 Å². The first-order valence-corrected chi connectivity index (χ1v) is 6.10. The molecule has 1 rings (SSSR count). The lowest BCUT2D eigenvalue weighted by Gasteiger charge is -2.16. The summed E-state index contributed by atoms with van der Waals surface area (Å²) in [5.41, 5.74) is -0.0466. The molecular weight excluding hydrogens is 304 g/mol. The topological polar surface area (TPSA) is 80.3 Å². The van der Waals surface area contributed by atoms with Gasteiger partial charge in [0.15, 0.2) is 12.4 Å². The summed E-state index contributed by atoms with van der Waals surface area (Å²) in [6.07, 6.45) is 0. The molecule has 0 aliphatic carbocycles. The molecule has 0 amide bonds. The van der Waals surface area contributed by atoms with E-state index in [2.05, 4.69) is 9.47 Å². The number of hydrogen-bond donors (Lipinski definition) is 0. The van der Waals surface area contributed by atoms with Gasteiger partial charge in [-0.15, -0.1) is 0 Å². The molecule has 8 heteroatoms. The van der Waals surface area contributed by atoms with E-state index in [4.69, 9.17) is 25.8 Å². The Morgan fingerprint density at radius 3 is 2.14 bits per heavy atom. The second-order valence-electron chi connectivity index (χ2n) is 3.66. The van der Waals surface area contributed by atoms with Crippen molar-refractivity contribution in [3.8, 4) is 17.2 Å². The van der Waals surface area contributed by atoms with Gasteiger partial charge in [-0.1, -0.05) is 11.6 Å². The van der Waals surface area contributed by atoms with Gasteiger partial charge in [-0.05, 0) is 0 Å². The summed E-state index contributed by atoms with van der Waals surface area (Å²) in [6, 6.07) is 1.42. The quantitative estimate of drug-likeness (QED) is 0.738. The summed E-state index contributed by atoms with van der Waals surface area (Å²) in [5, 5.41) is 0.0163. The molecule has 0 spiro atoms. The Balaban J connectivity index is 3.39. The van der Waals surface area contributed by atoms with Gasteiger partial charge in [0.2, 0.25) is 0 Å². The van der Waals surface area contributed by atoms with E-state index in [1.165, 1.54) is 34.5 Å². The largest absolute Gasteiger partial charge is 0.496 e. The van der Waals surface area contributed by atoms with Crippen LogP contribution in [0.15, 0.2) is 6.07 Å². The van der Waals surface area contributed by atoms with Crippen LogP contribution in [0.2, 0.25) is 5.02 Å². The third kappa shape index (κ3) is 3.69. The summed E-state index contributed by atoms with van der Waals surface area (Å²) in [6.45, 7) is -0.434. The van der Waals surface area contributed by atoms with E-state index in [0.717, 1.165) is 0 Å². The van der Waals surface area contributed by atoms with Crippen LogP contribution >= 0.6 is 11.6 Å². The molecule has 1 aromatic rings. The summed E-state index contributed by atoms with van der Waals surface area (Å²) < 4.78 is 24.6. The van der Waals surface area contributed by atoms with Crippen molar-refractivity contribution in [2.75, 3.05) is 35.0 Å². The summed E-state index contributed by atoms with van der Waals surface area (Å²) in [5.74, 6) is -1.07. The molecule has 0 aliphatic heterocycles. The highest BCUT2D eigenvalue weighted by Gasteiger charge is 2.26. The van der Waals surface area contributed by atoms with Crippen molar-refractivity contribution in [1.82, 2.24) is 0 Å². The maximum atomic E-state index is 11.9. The van der Waals surface area contributed by atoms with Gasteiger partial charge in [0.05, 0.1) is 28.4 Å². The minimum absolute atomic E-state index is 0.0163. The normalized spacial score (nSPS) is 9.76. The number of carbonyl (C=O) groups is 2. The molecule has 0 saturated carbocycles. The zero-order valence-electron chi connectivity index (χ0n) is 12.0. The first-order chi connectivity index (χ1) is 9.99. The summed E-state index contributed by atoms with van der Waals surface area (Å²) in [4.78, 5) is 23.1. The van der Waals surface area contributed by atoms with Crippen molar-refractivity contribution in [1.29, 1.82) is 0 Å². The molecular formula is C13H15ClO7. The summed E-state index contributed by atoms with van der Waals surface area (Å²) >= 11 is 6.11. The number of rotatable bonds is 6. The Morgan fingerprint density at radius 2 is 1.67 bits per heavy atom. The van der Waals surface area contributed by atoms with Crippen molar-refractivity contribution in [2.24, 2.45) is 0 Å². The van der Waals surface area contributed by atoms with Gasteiger partial charge < -0.3 is 23.7 Å².